The van der Waals surface area contributed by atoms with Crippen molar-refractivity contribution < 1.29 is 0 Å². The van der Waals surface area contributed by atoms with Crippen LogP contribution in [0.2, 0.25) is 0 Å². The Bertz CT molecular complexity index is 279. The zero-order chi connectivity index (χ0) is 14.6. The molecular weight excluding hydrogens is 244 g/mol. The minimum Gasteiger partial charge on any atom is -0.308 e. The van der Waals surface area contributed by atoms with E-state index in [2.05, 4.69) is 37.9 Å². The standard InChI is InChI=1S/C18H36N2/c1-15(2)8-7-11-20-14-18(9-5-6-10-18)19-13-17(20)12-16(3)4/h15-17,19H,5-14H2,1-4H3. The molecule has 1 unspecified atom stereocenters. The molecule has 1 saturated carbocycles. The molecule has 1 aliphatic heterocycles. The first-order valence-corrected chi connectivity index (χ1v) is 9.00. The highest BCUT2D eigenvalue weighted by Crippen LogP contribution is 2.34. The summed E-state index contributed by atoms with van der Waals surface area (Å²) < 4.78 is 0. The Labute approximate surface area is 126 Å². The second-order valence-corrected chi connectivity index (χ2v) is 8.16. The van der Waals surface area contributed by atoms with E-state index in [1.54, 1.807) is 0 Å². The van der Waals surface area contributed by atoms with Gasteiger partial charge in [-0.2, -0.15) is 0 Å². The lowest BCUT2D eigenvalue weighted by Gasteiger charge is -2.47. The molecule has 0 aromatic carbocycles. The summed E-state index contributed by atoms with van der Waals surface area (Å²) in [5.74, 6) is 1.66. The topological polar surface area (TPSA) is 15.3 Å². The van der Waals surface area contributed by atoms with Crippen LogP contribution in [0, 0.1) is 11.8 Å². The molecule has 1 aliphatic carbocycles. The average molecular weight is 280 g/mol. The molecule has 2 rings (SSSR count). The molecule has 2 heteroatoms. The second kappa shape index (κ2) is 7.26. The smallest absolute Gasteiger partial charge is 0.0309 e. The van der Waals surface area contributed by atoms with E-state index in [1.807, 2.05) is 0 Å². The van der Waals surface area contributed by atoms with Crippen LogP contribution in [0.5, 0.6) is 0 Å². The van der Waals surface area contributed by atoms with E-state index in [9.17, 15) is 0 Å². The van der Waals surface area contributed by atoms with Crippen LogP contribution >= 0.6 is 0 Å². The van der Waals surface area contributed by atoms with Crippen LogP contribution in [0.4, 0.5) is 0 Å². The van der Waals surface area contributed by atoms with Crippen LogP contribution in [-0.2, 0) is 0 Å². The van der Waals surface area contributed by atoms with Gasteiger partial charge < -0.3 is 5.32 Å². The predicted octanol–water partition coefficient (Wildman–Crippen LogP) is 4.06. The van der Waals surface area contributed by atoms with Crippen molar-refractivity contribution in [2.75, 3.05) is 19.6 Å². The molecule has 0 radical (unpaired) electrons. The number of hydrogen-bond donors (Lipinski definition) is 1. The lowest BCUT2D eigenvalue weighted by atomic mass is 9.89. The normalized spacial score (nSPS) is 27.0. The van der Waals surface area contributed by atoms with Gasteiger partial charge in [0.05, 0.1) is 0 Å². The van der Waals surface area contributed by atoms with Gasteiger partial charge in [-0.25, -0.2) is 0 Å². The summed E-state index contributed by atoms with van der Waals surface area (Å²) in [5.41, 5.74) is 0.477. The maximum atomic E-state index is 3.94. The maximum Gasteiger partial charge on any atom is 0.0309 e. The van der Waals surface area contributed by atoms with Crippen LogP contribution in [0.15, 0.2) is 0 Å². The van der Waals surface area contributed by atoms with Gasteiger partial charge in [-0.15, -0.1) is 0 Å². The summed E-state index contributed by atoms with van der Waals surface area (Å²) in [7, 11) is 0. The molecule has 1 heterocycles. The quantitative estimate of drug-likeness (QED) is 0.789. The zero-order valence-corrected chi connectivity index (χ0v) is 14.3. The van der Waals surface area contributed by atoms with E-state index in [1.165, 1.54) is 64.6 Å². The third-order valence-electron chi connectivity index (χ3n) is 5.27. The molecule has 1 atom stereocenters. The average Bonchev–Trinajstić information content (AvgIpc) is 2.80. The van der Waals surface area contributed by atoms with E-state index in [0.717, 1.165) is 17.9 Å². The van der Waals surface area contributed by atoms with E-state index >= 15 is 0 Å². The van der Waals surface area contributed by atoms with Crippen molar-refractivity contribution >= 4 is 0 Å². The fourth-order valence-electron chi connectivity index (χ4n) is 4.16. The Morgan fingerprint density at radius 1 is 1.10 bits per heavy atom. The molecule has 0 aromatic rings. The van der Waals surface area contributed by atoms with Crippen LogP contribution in [0.25, 0.3) is 0 Å². The predicted molar refractivity (Wildman–Crippen MR) is 88.1 cm³/mol. The fourth-order valence-corrected chi connectivity index (χ4v) is 4.16. The first kappa shape index (κ1) is 16.3. The summed E-state index contributed by atoms with van der Waals surface area (Å²) in [6.45, 7) is 13.3. The van der Waals surface area contributed by atoms with Gasteiger partial charge in [0.1, 0.15) is 0 Å². The summed E-state index contributed by atoms with van der Waals surface area (Å²) in [5, 5.41) is 3.94. The van der Waals surface area contributed by atoms with Gasteiger partial charge in [0, 0.05) is 24.7 Å². The molecular formula is C18H36N2. The van der Waals surface area contributed by atoms with Gasteiger partial charge in [0.25, 0.3) is 0 Å². The Hall–Kier alpha value is -0.0800. The molecule has 1 spiro atoms. The molecule has 1 saturated heterocycles. The first-order valence-electron chi connectivity index (χ1n) is 9.00. The third kappa shape index (κ3) is 4.46. The van der Waals surface area contributed by atoms with Crippen molar-refractivity contribution in [2.45, 2.75) is 84.2 Å². The van der Waals surface area contributed by atoms with Gasteiger partial charge in [-0.05, 0) is 50.5 Å². The summed E-state index contributed by atoms with van der Waals surface area (Å²) >= 11 is 0. The van der Waals surface area contributed by atoms with E-state index in [4.69, 9.17) is 0 Å². The molecule has 0 amide bonds. The van der Waals surface area contributed by atoms with Crippen LogP contribution < -0.4 is 5.32 Å². The van der Waals surface area contributed by atoms with Gasteiger partial charge >= 0.3 is 0 Å². The lowest BCUT2D eigenvalue weighted by Crippen LogP contribution is -2.63. The highest BCUT2D eigenvalue weighted by molar-refractivity contribution is 5.01. The number of piperazine rings is 1. The van der Waals surface area contributed by atoms with Crippen molar-refractivity contribution in [1.29, 1.82) is 0 Å². The summed E-state index contributed by atoms with van der Waals surface area (Å²) in [6, 6.07) is 0.772. The van der Waals surface area contributed by atoms with Gasteiger partial charge in [-0.1, -0.05) is 40.5 Å². The second-order valence-electron chi connectivity index (χ2n) is 8.16. The monoisotopic (exact) mass is 280 g/mol. The van der Waals surface area contributed by atoms with Gasteiger partial charge in [0.2, 0.25) is 0 Å². The number of nitrogens with zero attached hydrogens (tertiary/aromatic N) is 1. The molecule has 2 fully saturated rings. The SMILES string of the molecule is CC(C)CCCN1CC2(CCCC2)NCC1CC(C)C. The first-order chi connectivity index (χ1) is 9.51. The molecule has 0 bridgehead atoms. The molecule has 0 aromatic heterocycles. The Morgan fingerprint density at radius 2 is 1.80 bits per heavy atom. The van der Waals surface area contributed by atoms with Crippen LogP contribution in [-0.4, -0.2) is 36.1 Å². The van der Waals surface area contributed by atoms with E-state index in [0.29, 0.717) is 5.54 Å². The number of hydrogen-bond acceptors (Lipinski definition) is 2. The summed E-state index contributed by atoms with van der Waals surface area (Å²) in [6.07, 6.45) is 9.78. The zero-order valence-electron chi connectivity index (χ0n) is 14.3. The Morgan fingerprint density at radius 3 is 2.40 bits per heavy atom. The fraction of sp³-hybridized carbons (Fsp3) is 1.00. The Balaban J connectivity index is 1.91. The number of rotatable bonds is 6. The highest BCUT2D eigenvalue weighted by Gasteiger charge is 2.40. The summed E-state index contributed by atoms with van der Waals surface area (Å²) in [4.78, 5) is 2.84. The highest BCUT2D eigenvalue weighted by atomic mass is 15.3. The van der Waals surface area contributed by atoms with Crippen molar-refractivity contribution in [3.05, 3.63) is 0 Å². The van der Waals surface area contributed by atoms with E-state index < -0.39 is 0 Å². The van der Waals surface area contributed by atoms with Crippen molar-refractivity contribution in [1.82, 2.24) is 10.2 Å². The van der Waals surface area contributed by atoms with Crippen LogP contribution in [0.1, 0.15) is 72.6 Å². The molecule has 2 aliphatic rings. The van der Waals surface area contributed by atoms with E-state index in [-0.39, 0.29) is 0 Å². The van der Waals surface area contributed by atoms with Gasteiger partial charge in [0.15, 0.2) is 0 Å². The third-order valence-corrected chi connectivity index (χ3v) is 5.27. The molecule has 20 heavy (non-hydrogen) atoms. The largest absolute Gasteiger partial charge is 0.308 e. The van der Waals surface area contributed by atoms with Crippen molar-refractivity contribution in [3.8, 4) is 0 Å². The minimum atomic E-state index is 0.477. The van der Waals surface area contributed by atoms with Crippen molar-refractivity contribution in [3.63, 3.8) is 0 Å². The Kier molecular flexibility index (Phi) is 5.92. The number of nitrogens with one attached hydrogen (secondary N) is 1. The molecule has 118 valence electrons. The van der Waals surface area contributed by atoms with Crippen molar-refractivity contribution in [2.24, 2.45) is 11.8 Å². The minimum absolute atomic E-state index is 0.477. The lowest BCUT2D eigenvalue weighted by molar-refractivity contribution is 0.0672. The van der Waals surface area contributed by atoms with Crippen LogP contribution in [0.3, 0.4) is 0 Å². The maximum absolute atomic E-state index is 3.94. The molecule has 1 N–H and O–H groups in total. The van der Waals surface area contributed by atoms with Gasteiger partial charge in [-0.3, -0.25) is 4.90 Å². The molecule has 2 nitrogen and oxygen atoms in total.